The second-order valence-electron chi connectivity index (χ2n) is 7.06. The number of nitrogens with one attached hydrogen (secondary N) is 2. The number of methoxy groups -OCH3 is 3. The summed E-state index contributed by atoms with van der Waals surface area (Å²) in [6.07, 6.45) is 0. The molecule has 0 unspecified atom stereocenters. The zero-order chi connectivity index (χ0) is 22.5. The molecule has 2 aromatic rings. The van der Waals surface area contributed by atoms with Gasteiger partial charge in [0.05, 0.1) is 26.2 Å². The fraction of sp³-hybridized carbons (Fsp3) is 0.381. The third kappa shape index (κ3) is 5.43. The number of amides is 1. The summed E-state index contributed by atoms with van der Waals surface area (Å²) >= 11 is 0. The van der Waals surface area contributed by atoms with Crippen molar-refractivity contribution in [1.29, 1.82) is 0 Å². The fourth-order valence-corrected chi connectivity index (χ4v) is 4.16. The molecule has 2 N–H and O–H groups in total. The Balaban J connectivity index is 2.29. The molecule has 0 bridgehead atoms. The van der Waals surface area contributed by atoms with E-state index in [4.69, 9.17) is 14.2 Å². The van der Waals surface area contributed by atoms with Gasteiger partial charge in [0.25, 0.3) is 0 Å². The average Bonchev–Trinajstić information content (AvgIpc) is 2.71. The SMILES string of the molecule is COc1cc(NC(=O)[C@@H](NS(=O)(=O)c2ccc(C)cc2)C(C)C)cc(OC)c1OC. The molecule has 9 heteroatoms. The van der Waals surface area contributed by atoms with E-state index in [0.717, 1.165) is 5.56 Å². The second-order valence-corrected chi connectivity index (χ2v) is 8.77. The first-order chi connectivity index (χ1) is 14.1. The maximum Gasteiger partial charge on any atom is 0.242 e. The third-order valence-corrected chi connectivity index (χ3v) is 5.95. The quantitative estimate of drug-likeness (QED) is 0.627. The van der Waals surface area contributed by atoms with Gasteiger partial charge in [-0.05, 0) is 25.0 Å². The molecule has 0 aliphatic heterocycles. The van der Waals surface area contributed by atoms with E-state index in [0.29, 0.717) is 22.9 Å². The summed E-state index contributed by atoms with van der Waals surface area (Å²) in [5, 5.41) is 2.73. The lowest BCUT2D eigenvalue weighted by atomic mass is 10.0. The van der Waals surface area contributed by atoms with Gasteiger partial charge in [-0.25, -0.2) is 8.42 Å². The molecular formula is C21H28N2O6S. The van der Waals surface area contributed by atoms with Crippen LogP contribution in [0.15, 0.2) is 41.3 Å². The van der Waals surface area contributed by atoms with Crippen LogP contribution in [0.5, 0.6) is 17.2 Å². The second kappa shape index (κ2) is 9.82. The van der Waals surface area contributed by atoms with Crippen LogP contribution in [0.3, 0.4) is 0 Å². The highest BCUT2D eigenvalue weighted by Gasteiger charge is 2.29. The van der Waals surface area contributed by atoms with E-state index in [1.54, 1.807) is 38.1 Å². The largest absolute Gasteiger partial charge is 0.493 e. The molecule has 2 aromatic carbocycles. The molecule has 164 valence electrons. The van der Waals surface area contributed by atoms with Crippen molar-refractivity contribution < 1.29 is 27.4 Å². The van der Waals surface area contributed by atoms with E-state index in [1.807, 2.05) is 6.92 Å². The number of carbonyl (C=O) groups is 1. The van der Waals surface area contributed by atoms with Crippen molar-refractivity contribution in [1.82, 2.24) is 4.72 Å². The molecule has 0 aliphatic rings. The van der Waals surface area contributed by atoms with Crippen LogP contribution in [-0.4, -0.2) is 41.7 Å². The van der Waals surface area contributed by atoms with Gasteiger partial charge < -0.3 is 19.5 Å². The lowest BCUT2D eigenvalue weighted by Crippen LogP contribution is -2.47. The number of hydrogen-bond acceptors (Lipinski definition) is 6. The van der Waals surface area contributed by atoms with Crippen molar-refractivity contribution in [3.63, 3.8) is 0 Å². The molecule has 1 amide bonds. The predicted molar refractivity (Wildman–Crippen MR) is 115 cm³/mol. The van der Waals surface area contributed by atoms with Crippen LogP contribution in [-0.2, 0) is 14.8 Å². The van der Waals surface area contributed by atoms with Crippen molar-refractivity contribution in [3.8, 4) is 17.2 Å². The first kappa shape index (κ1) is 23.5. The minimum absolute atomic E-state index is 0.0966. The molecular weight excluding hydrogens is 408 g/mol. The van der Waals surface area contributed by atoms with E-state index >= 15 is 0 Å². The minimum atomic E-state index is -3.88. The Morgan fingerprint density at radius 3 is 1.90 bits per heavy atom. The summed E-state index contributed by atoms with van der Waals surface area (Å²) in [5.74, 6) is 0.322. The molecule has 0 saturated heterocycles. The number of hydrogen-bond donors (Lipinski definition) is 2. The Morgan fingerprint density at radius 1 is 0.933 bits per heavy atom. The van der Waals surface area contributed by atoms with Crippen molar-refractivity contribution in [3.05, 3.63) is 42.0 Å². The number of aryl methyl sites for hydroxylation is 1. The zero-order valence-electron chi connectivity index (χ0n) is 18.0. The highest BCUT2D eigenvalue weighted by atomic mass is 32.2. The van der Waals surface area contributed by atoms with Crippen LogP contribution in [0.1, 0.15) is 19.4 Å². The van der Waals surface area contributed by atoms with E-state index in [-0.39, 0.29) is 10.8 Å². The zero-order valence-corrected chi connectivity index (χ0v) is 18.8. The van der Waals surface area contributed by atoms with Crippen molar-refractivity contribution in [2.75, 3.05) is 26.6 Å². The van der Waals surface area contributed by atoms with Crippen LogP contribution >= 0.6 is 0 Å². The van der Waals surface area contributed by atoms with Crippen LogP contribution in [0.25, 0.3) is 0 Å². The van der Waals surface area contributed by atoms with Gasteiger partial charge in [0.15, 0.2) is 11.5 Å². The smallest absolute Gasteiger partial charge is 0.242 e. The van der Waals surface area contributed by atoms with Crippen molar-refractivity contribution in [2.24, 2.45) is 5.92 Å². The van der Waals surface area contributed by atoms with Gasteiger partial charge in [-0.2, -0.15) is 4.72 Å². The van der Waals surface area contributed by atoms with Crippen LogP contribution in [0.4, 0.5) is 5.69 Å². The molecule has 1 atom stereocenters. The van der Waals surface area contributed by atoms with E-state index in [2.05, 4.69) is 10.0 Å². The van der Waals surface area contributed by atoms with Crippen LogP contribution in [0.2, 0.25) is 0 Å². The van der Waals surface area contributed by atoms with Gasteiger partial charge in [0, 0.05) is 17.8 Å². The molecule has 0 heterocycles. The Bertz CT molecular complexity index is 962. The molecule has 8 nitrogen and oxygen atoms in total. The first-order valence-corrected chi connectivity index (χ1v) is 10.8. The summed E-state index contributed by atoms with van der Waals surface area (Å²) in [5.41, 5.74) is 1.32. The molecule has 0 aliphatic carbocycles. The maximum absolute atomic E-state index is 12.9. The van der Waals surface area contributed by atoms with Crippen molar-refractivity contribution in [2.45, 2.75) is 31.7 Å². The maximum atomic E-state index is 12.9. The number of sulfonamides is 1. The Morgan fingerprint density at radius 2 is 1.47 bits per heavy atom. The molecule has 0 fully saturated rings. The summed E-state index contributed by atoms with van der Waals surface area (Å²) in [6.45, 7) is 5.39. The molecule has 30 heavy (non-hydrogen) atoms. The minimum Gasteiger partial charge on any atom is -0.493 e. The average molecular weight is 437 g/mol. The molecule has 0 radical (unpaired) electrons. The van der Waals surface area contributed by atoms with Gasteiger partial charge in [0.1, 0.15) is 6.04 Å². The number of carbonyl (C=O) groups excluding carboxylic acids is 1. The number of ether oxygens (including phenoxy) is 3. The lowest BCUT2D eigenvalue weighted by Gasteiger charge is -2.22. The van der Waals surface area contributed by atoms with E-state index in [1.165, 1.54) is 33.5 Å². The Labute approximate surface area is 177 Å². The van der Waals surface area contributed by atoms with Gasteiger partial charge >= 0.3 is 0 Å². The Kier molecular flexibility index (Phi) is 7.69. The monoisotopic (exact) mass is 436 g/mol. The topological polar surface area (TPSA) is 103 Å². The summed E-state index contributed by atoms with van der Waals surface area (Å²) < 4.78 is 43.9. The highest BCUT2D eigenvalue weighted by molar-refractivity contribution is 7.89. The van der Waals surface area contributed by atoms with Crippen LogP contribution in [0, 0.1) is 12.8 Å². The summed E-state index contributed by atoms with van der Waals surface area (Å²) in [6, 6.07) is 8.58. The van der Waals surface area contributed by atoms with Gasteiger partial charge in [-0.3, -0.25) is 4.79 Å². The van der Waals surface area contributed by atoms with Crippen molar-refractivity contribution >= 4 is 21.6 Å². The first-order valence-electron chi connectivity index (χ1n) is 9.32. The van der Waals surface area contributed by atoms with Gasteiger partial charge in [-0.15, -0.1) is 0 Å². The number of rotatable bonds is 9. The molecule has 0 aromatic heterocycles. The highest BCUT2D eigenvalue weighted by Crippen LogP contribution is 2.40. The molecule has 0 spiro atoms. The number of benzene rings is 2. The van der Waals surface area contributed by atoms with E-state index in [9.17, 15) is 13.2 Å². The summed E-state index contributed by atoms with van der Waals surface area (Å²) in [7, 11) is 0.540. The molecule has 2 rings (SSSR count). The van der Waals surface area contributed by atoms with Crippen LogP contribution < -0.4 is 24.2 Å². The Hall–Kier alpha value is -2.78. The molecule has 0 saturated carbocycles. The van der Waals surface area contributed by atoms with Gasteiger partial charge in [-0.1, -0.05) is 31.5 Å². The standard InChI is InChI=1S/C21H28N2O6S/c1-13(2)19(23-30(25,26)16-9-7-14(3)8-10-16)21(24)22-15-11-17(27-4)20(29-6)18(12-15)28-5/h7-13,19,23H,1-6H3,(H,22,24)/t19-/m0/s1. The lowest BCUT2D eigenvalue weighted by molar-refractivity contribution is -0.118. The van der Waals surface area contributed by atoms with Gasteiger partial charge in [0.2, 0.25) is 21.7 Å². The predicted octanol–water partition coefficient (Wildman–Crippen LogP) is 2.96. The fourth-order valence-electron chi connectivity index (χ4n) is 2.82. The third-order valence-electron chi connectivity index (χ3n) is 4.49. The van der Waals surface area contributed by atoms with E-state index < -0.39 is 22.0 Å². The normalized spacial score (nSPS) is 12.4. The number of anilines is 1. The summed E-state index contributed by atoms with van der Waals surface area (Å²) in [4.78, 5) is 13.0.